The molecule has 0 aliphatic heterocycles. The number of halogens is 1. The van der Waals surface area contributed by atoms with Crippen molar-refractivity contribution in [1.82, 2.24) is 0 Å². The lowest BCUT2D eigenvalue weighted by atomic mass is 10.0. The summed E-state index contributed by atoms with van der Waals surface area (Å²) >= 11 is 7.21. The Kier molecular flexibility index (Phi) is 6.29. The second kappa shape index (κ2) is 8.87. The molecule has 0 fully saturated rings. The first-order chi connectivity index (χ1) is 13.5. The summed E-state index contributed by atoms with van der Waals surface area (Å²) in [6.45, 7) is 2.00. The minimum absolute atomic E-state index is 0.324. The van der Waals surface area contributed by atoms with Crippen LogP contribution in [0.5, 0.6) is 0 Å². The molecule has 3 aromatic rings. The maximum absolute atomic E-state index is 12.3. The first-order valence-corrected chi connectivity index (χ1v) is 9.75. The van der Waals surface area contributed by atoms with E-state index in [0.29, 0.717) is 21.2 Å². The molecule has 0 spiro atoms. The summed E-state index contributed by atoms with van der Waals surface area (Å²) in [6.07, 6.45) is 3.16. The SMILES string of the molecule is COC(=O)c1c(-c2ccc(Cl)cc2)csc1NC(=O)C=Cc1ccc(C)cc1. The van der Waals surface area contributed by atoms with Crippen LogP contribution in [0.2, 0.25) is 5.02 Å². The van der Waals surface area contributed by atoms with Gasteiger partial charge in [-0.05, 0) is 36.3 Å². The van der Waals surface area contributed by atoms with Crippen molar-refractivity contribution in [3.8, 4) is 11.1 Å². The Labute approximate surface area is 172 Å². The Morgan fingerprint density at radius 3 is 2.39 bits per heavy atom. The van der Waals surface area contributed by atoms with Crippen molar-refractivity contribution >= 4 is 45.9 Å². The highest BCUT2D eigenvalue weighted by molar-refractivity contribution is 7.15. The highest BCUT2D eigenvalue weighted by Gasteiger charge is 2.21. The van der Waals surface area contributed by atoms with Crippen molar-refractivity contribution in [2.24, 2.45) is 0 Å². The number of carbonyl (C=O) groups is 2. The van der Waals surface area contributed by atoms with Gasteiger partial charge in [-0.3, -0.25) is 4.79 Å². The molecule has 0 saturated heterocycles. The molecule has 0 aliphatic carbocycles. The lowest BCUT2D eigenvalue weighted by Gasteiger charge is -2.07. The fourth-order valence-corrected chi connectivity index (χ4v) is 3.69. The minimum Gasteiger partial charge on any atom is -0.465 e. The van der Waals surface area contributed by atoms with E-state index in [4.69, 9.17) is 16.3 Å². The van der Waals surface area contributed by atoms with Gasteiger partial charge in [0.2, 0.25) is 5.91 Å². The maximum Gasteiger partial charge on any atom is 0.341 e. The quantitative estimate of drug-likeness (QED) is 0.425. The Hall–Kier alpha value is -2.89. The van der Waals surface area contributed by atoms with Crippen LogP contribution >= 0.6 is 22.9 Å². The predicted molar refractivity (Wildman–Crippen MR) is 115 cm³/mol. The summed E-state index contributed by atoms with van der Waals surface area (Å²) in [5.41, 5.74) is 3.90. The van der Waals surface area contributed by atoms with E-state index in [1.54, 1.807) is 18.2 Å². The fourth-order valence-electron chi connectivity index (χ4n) is 2.60. The zero-order valence-electron chi connectivity index (χ0n) is 15.4. The van der Waals surface area contributed by atoms with Gasteiger partial charge in [0.15, 0.2) is 0 Å². The highest BCUT2D eigenvalue weighted by Crippen LogP contribution is 2.36. The smallest absolute Gasteiger partial charge is 0.341 e. The lowest BCUT2D eigenvalue weighted by molar-refractivity contribution is -0.111. The standard InChI is InChI=1S/C22H18ClNO3S/c1-14-3-5-15(6-4-14)7-12-19(25)24-21-20(22(26)27-2)18(13-28-21)16-8-10-17(23)11-9-16/h3-13H,1-2H3,(H,24,25). The summed E-state index contributed by atoms with van der Waals surface area (Å²) in [4.78, 5) is 24.7. The molecular weight excluding hydrogens is 394 g/mol. The van der Waals surface area contributed by atoms with Gasteiger partial charge in [-0.25, -0.2) is 4.79 Å². The van der Waals surface area contributed by atoms with Gasteiger partial charge in [-0.2, -0.15) is 0 Å². The number of carbonyl (C=O) groups excluding carboxylic acids is 2. The van der Waals surface area contributed by atoms with Crippen molar-refractivity contribution in [1.29, 1.82) is 0 Å². The first kappa shape index (κ1) is 19.9. The summed E-state index contributed by atoms with van der Waals surface area (Å²) in [7, 11) is 1.31. The third-order valence-corrected chi connectivity index (χ3v) is 5.22. The fraction of sp³-hybridized carbons (Fsp3) is 0.0909. The number of rotatable bonds is 5. The van der Waals surface area contributed by atoms with E-state index in [0.717, 1.165) is 16.7 Å². The summed E-state index contributed by atoms with van der Waals surface area (Å²) < 4.78 is 4.92. The van der Waals surface area contributed by atoms with Crippen LogP contribution in [0, 0.1) is 6.92 Å². The number of aryl methyl sites for hydroxylation is 1. The van der Waals surface area contributed by atoms with E-state index < -0.39 is 5.97 Å². The normalized spacial score (nSPS) is 10.8. The second-order valence-electron chi connectivity index (χ2n) is 6.09. The number of benzene rings is 2. The zero-order chi connectivity index (χ0) is 20.1. The number of esters is 1. The van der Waals surface area contributed by atoms with E-state index in [1.807, 2.05) is 48.7 Å². The molecule has 0 aliphatic rings. The van der Waals surface area contributed by atoms with Gasteiger partial charge in [0.05, 0.1) is 7.11 Å². The number of thiophene rings is 1. The van der Waals surface area contributed by atoms with Crippen molar-refractivity contribution < 1.29 is 14.3 Å². The zero-order valence-corrected chi connectivity index (χ0v) is 16.9. The molecule has 0 bridgehead atoms. The number of hydrogen-bond donors (Lipinski definition) is 1. The summed E-state index contributed by atoms with van der Waals surface area (Å²) in [5, 5.41) is 5.63. The van der Waals surface area contributed by atoms with Gasteiger partial charge in [-0.1, -0.05) is 53.6 Å². The van der Waals surface area contributed by atoms with Crippen molar-refractivity contribution in [2.45, 2.75) is 6.92 Å². The van der Waals surface area contributed by atoms with Crippen LogP contribution in [0.25, 0.3) is 17.2 Å². The Bertz CT molecular complexity index is 1020. The number of methoxy groups -OCH3 is 1. The van der Waals surface area contributed by atoms with E-state index in [9.17, 15) is 9.59 Å². The molecule has 0 radical (unpaired) electrons. The summed E-state index contributed by atoms with van der Waals surface area (Å²) in [5.74, 6) is -0.834. The van der Waals surface area contributed by atoms with Gasteiger partial charge >= 0.3 is 5.97 Å². The van der Waals surface area contributed by atoms with Gasteiger partial charge < -0.3 is 10.1 Å². The van der Waals surface area contributed by atoms with Crippen molar-refractivity contribution in [3.05, 3.63) is 81.7 Å². The molecule has 0 saturated carbocycles. The second-order valence-corrected chi connectivity index (χ2v) is 7.40. The van der Waals surface area contributed by atoms with Crippen LogP contribution in [-0.4, -0.2) is 19.0 Å². The molecule has 142 valence electrons. The molecule has 0 unspecified atom stereocenters. The molecule has 1 aromatic heterocycles. The number of hydrogen-bond acceptors (Lipinski definition) is 4. The van der Waals surface area contributed by atoms with E-state index in [-0.39, 0.29) is 5.91 Å². The van der Waals surface area contributed by atoms with Gasteiger partial charge in [0.25, 0.3) is 0 Å². The van der Waals surface area contributed by atoms with Crippen LogP contribution in [0.3, 0.4) is 0 Å². The van der Waals surface area contributed by atoms with Gasteiger partial charge in [-0.15, -0.1) is 11.3 Å². The molecule has 6 heteroatoms. The number of ether oxygens (including phenoxy) is 1. The largest absolute Gasteiger partial charge is 0.465 e. The Balaban J connectivity index is 1.85. The summed E-state index contributed by atoms with van der Waals surface area (Å²) in [6, 6.07) is 15.0. The molecule has 4 nitrogen and oxygen atoms in total. The number of nitrogens with one attached hydrogen (secondary N) is 1. The van der Waals surface area contributed by atoms with Gasteiger partial charge in [0, 0.05) is 22.0 Å². The average molecular weight is 412 g/mol. The van der Waals surface area contributed by atoms with Crippen LogP contribution in [0.15, 0.2) is 60.0 Å². The maximum atomic E-state index is 12.3. The molecule has 3 rings (SSSR count). The van der Waals surface area contributed by atoms with Crippen LogP contribution < -0.4 is 5.32 Å². The Morgan fingerprint density at radius 1 is 1.07 bits per heavy atom. The van der Waals surface area contributed by atoms with E-state index in [1.165, 1.54) is 24.5 Å². The minimum atomic E-state index is -0.510. The third-order valence-electron chi connectivity index (χ3n) is 4.08. The molecule has 2 aromatic carbocycles. The van der Waals surface area contributed by atoms with Crippen LogP contribution in [-0.2, 0) is 9.53 Å². The number of anilines is 1. The topological polar surface area (TPSA) is 55.4 Å². The first-order valence-electron chi connectivity index (χ1n) is 8.49. The third kappa shape index (κ3) is 4.68. The lowest BCUT2D eigenvalue weighted by Crippen LogP contribution is -2.11. The number of amides is 1. The monoisotopic (exact) mass is 411 g/mol. The van der Waals surface area contributed by atoms with Crippen molar-refractivity contribution in [3.63, 3.8) is 0 Å². The molecular formula is C22H18ClNO3S. The molecule has 1 N–H and O–H groups in total. The van der Waals surface area contributed by atoms with E-state index >= 15 is 0 Å². The van der Waals surface area contributed by atoms with Crippen LogP contribution in [0.1, 0.15) is 21.5 Å². The average Bonchev–Trinajstić information content (AvgIpc) is 3.11. The molecule has 0 atom stereocenters. The molecule has 1 amide bonds. The van der Waals surface area contributed by atoms with Gasteiger partial charge in [0.1, 0.15) is 10.6 Å². The van der Waals surface area contributed by atoms with Crippen molar-refractivity contribution in [2.75, 3.05) is 12.4 Å². The van der Waals surface area contributed by atoms with E-state index in [2.05, 4.69) is 5.32 Å². The molecule has 1 heterocycles. The van der Waals surface area contributed by atoms with Crippen LogP contribution in [0.4, 0.5) is 5.00 Å². The predicted octanol–water partition coefficient (Wildman–Crippen LogP) is 5.82. The Morgan fingerprint density at radius 2 is 1.75 bits per heavy atom. The highest BCUT2D eigenvalue weighted by atomic mass is 35.5. The molecule has 28 heavy (non-hydrogen) atoms.